The summed E-state index contributed by atoms with van der Waals surface area (Å²) in [7, 11) is 0. The molecule has 5 nitrogen and oxygen atoms in total. The molecule has 0 spiro atoms. The Kier molecular flexibility index (Phi) is 5.85. The lowest BCUT2D eigenvalue weighted by Crippen LogP contribution is -2.39. The highest BCUT2D eigenvalue weighted by atomic mass is 32.1. The topological polar surface area (TPSA) is 49.6 Å². The van der Waals surface area contributed by atoms with Crippen LogP contribution in [0.1, 0.15) is 17.6 Å². The van der Waals surface area contributed by atoms with E-state index in [0.29, 0.717) is 26.2 Å². The van der Waals surface area contributed by atoms with Crippen LogP contribution in [0.4, 0.5) is 5.13 Å². The fourth-order valence-corrected chi connectivity index (χ4v) is 4.88. The van der Waals surface area contributed by atoms with Gasteiger partial charge in [0.1, 0.15) is 5.76 Å². The average Bonchev–Trinajstić information content (AvgIpc) is 3.44. The number of hydrogen-bond donors (Lipinski definition) is 0. The van der Waals surface area contributed by atoms with Crippen molar-refractivity contribution in [3.63, 3.8) is 0 Å². The van der Waals surface area contributed by atoms with Gasteiger partial charge in [-0.3, -0.25) is 14.6 Å². The van der Waals surface area contributed by atoms with E-state index in [1.54, 1.807) is 33.8 Å². The summed E-state index contributed by atoms with van der Waals surface area (Å²) in [6.07, 6.45) is 1.67. The van der Waals surface area contributed by atoms with E-state index in [1.165, 1.54) is 4.88 Å². The van der Waals surface area contributed by atoms with Crippen LogP contribution in [0.5, 0.6) is 0 Å². The number of carbonyl (C=O) groups is 1. The molecule has 0 aliphatic carbocycles. The predicted octanol–water partition coefficient (Wildman–Crippen LogP) is 5.01. The molecule has 0 atom stereocenters. The van der Waals surface area contributed by atoms with Crippen molar-refractivity contribution < 1.29 is 9.21 Å². The summed E-state index contributed by atoms with van der Waals surface area (Å²) < 4.78 is 6.60. The molecule has 0 saturated heterocycles. The number of thiophene rings is 1. The minimum absolute atomic E-state index is 0.0460. The van der Waals surface area contributed by atoms with Gasteiger partial charge in [0, 0.05) is 18.0 Å². The molecule has 0 bridgehead atoms. The van der Waals surface area contributed by atoms with Gasteiger partial charge in [0.05, 0.1) is 29.6 Å². The average molecular weight is 412 g/mol. The van der Waals surface area contributed by atoms with E-state index in [1.807, 2.05) is 49.4 Å². The summed E-state index contributed by atoms with van der Waals surface area (Å²) in [5.74, 6) is 0.900. The molecule has 144 valence electrons. The molecule has 0 N–H and O–H groups in total. The van der Waals surface area contributed by atoms with Crippen LogP contribution in [0.25, 0.3) is 10.2 Å². The number of furan rings is 1. The number of likely N-dealkylation sites (N-methyl/N-ethyl adjacent to an activating group) is 1. The van der Waals surface area contributed by atoms with Gasteiger partial charge in [-0.1, -0.05) is 29.5 Å². The van der Waals surface area contributed by atoms with Crippen LogP contribution < -0.4 is 4.90 Å². The number of carbonyl (C=O) groups excluding carboxylic acids is 1. The summed E-state index contributed by atoms with van der Waals surface area (Å²) in [5.41, 5.74) is 0.930. The van der Waals surface area contributed by atoms with Gasteiger partial charge in [-0.2, -0.15) is 0 Å². The van der Waals surface area contributed by atoms with Crippen molar-refractivity contribution in [2.24, 2.45) is 0 Å². The number of benzene rings is 1. The number of amides is 1. The quantitative estimate of drug-likeness (QED) is 0.409. The number of thiazole rings is 1. The number of fused-ring (bicyclic) bond motifs is 1. The molecular weight excluding hydrogens is 390 g/mol. The first-order chi connectivity index (χ1) is 13.7. The van der Waals surface area contributed by atoms with Crippen molar-refractivity contribution >= 4 is 43.9 Å². The van der Waals surface area contributed by atoms with E-state index < -0.39 is 0 Å². The van der Waals surface area contributed by atoms with E-state index in [9.17, 15) is 4.79 Å². The van der Waals surface area contributed by atoms with Crippen molar-refractivity contribution in [3.05, 3.63) is 70.8 Å². The molecule has 0 aliphatic rings. The number of hydrogen-bond acceptors (Lipinski definition) is 6. The second kappa shape index (κ2) is 8.68. The van der Waals surface area contributed by atoms with Crippen molar-refractivity contribution in [1.82, 2.24) is 9.88 Å². The van der Waals surface area contributed by atoms with Crippen LogP contribution in [-0.2, 0) is 17.9 Å². The number of nitrogens with zero attached hydrogens (tertiary/aromatic N) is 3. The maximum absolute atomic E-state index is 13.1. The molecule has 0 fully saturated rings. The van der Waals surface area contributed by atoms with Crippen LogP contribution in [0, 0.1) is 0 Å². The minimum Gasteiger partial charge on any atom is -0.468 e. The van der Waals surface area contributed by atoms with Crippen LogP contribution in [0.3, 0.4) is 0 Å². The number of para-hydroxylation sites is 1. The predicted molar refractivity (Wildman–Crippen MR) is 115 cm³/mol. The smallest absolute Gasteiger partial charge is 0.242 e. The first-order valence-corrected chi connectivity index (χ1v) is 10.9. The maximum atomic E-state index is 13.1. The Balaban J connectivity index is 1.52. The molecule has 1 aromatic carbocycles. The van der Waals surface area contributed by atoms with Gasteiger partial charge in [-0.15, -0.1) is 11.3 Å². The lowest BCUT2D eigenvalue weighted by atomic mass is 10.3. The Morgan fingerprint density at radius 3 is 2.71 bits per heavy atom. The molecular formula is C21H21N3O2S2. The van der Waals surface area contributed by atoms with Gasteiger partial charge >= 0.3 is 0 Å². The summed E-state index contributed by atoms with van der Waals surface area (Å²) in [6, 6.07) is 15.9. The molecule has 28 heavy (non-hydrogen) atoms. The minimum atomic E-state index is 0.0460. The van der Waals surface area contributed by atoms with E-state index in [0.717, 1.165) is 21.1 Å². The fourth-order valence-electron chi connectivity index (χ4n) is 3.08. The summed E-state index contributed by atoms with van der Waals surface area (Å²) in [4.78, 5) is 22.9. The van der Waals surface area contributed by atoms with Gasteiger partial charge in [0.2, 0.25) is 5.91 Å². The van der Waals surface area contributed by atoms with E-state index >= 15 is 0 Å². The van der Waals surface area contributed by atoms with E-state index in [2.05, 4.69) is 21.3 Å². The second-order valence-electron chi connectivity index (χ2n) is 6.41. The molecule has 7 heteroatoms. The van der Waals surface area contributed by atoms with Gasteiger partial charge in [-0.25, -0.2) is 4.98 Å². The van der Waals surface area contributed by atoms with Crippen LogP contribution in [0.2, 0.25) is 0 Å². The molecule has 0 radical (unpaired) electrons. The molecule has 0 saturated carbocycles. The van der Waals surface area contributed by atoms with E-state index in [4.69, 9.17) is 4.42 Å². The van der Waals surface area contributed by atoms with Gasteiger partial charge < -0.3 is 4.42 Å². The molecule has 3 heterocycles. The van der Waals surface area contributed by atoms with Crippen molar-refractivity contribution in [3.8, 4) is 0 Å². The fraction of sp³-hybridized carbons (Fsp3) is 0.238. The largest absolute Gasteiger partial charge is 0.468 e. The number of rotatable bonds is 8. The van der Waals surface area contributed by atoms with Crippen LogP contribution >= 0.6 is 22.7 Å². The third kappa shape index (κ3) is 4.32. The van der Waals surface area contributed by atoms with Crippen molar-refractivity contribution in [2.75, 3.05) is 18.0 Å². The Labute approximate surface area is 171 Å². The molecule has 3 aromatic heterocycles. The van der Waals surface area contributed by atoms with Crippen molar-refractivity contribution in [2.45, 2.75) is 20.0 Å². The van der Waals surface area contributed by atoms with Gasteiger partial charge in [0.15, 0.2) is 5.13 Å². The molecule has 1 amide bonds. The van der Waals surface area contributed by atoms with Gasteiger partial charge in [0.25, 0.3) is 0 Å². The monoisotopic (exact) mass is 411 g/mol. The van der Waals surface area contributed by atoms with Crippen LogP contribution in [-0.4, -0.2) is 28.9 Å². The maximum Gasteiger partial charge on any atom is 0.242 e. The highest BCUT2D eigenvalue weighted by Crippen LogP contribution is 2.28. The zero-order valence-electron chi connectivity index (χ0n) is 15.6. The summed E-state index contributed by atoms with van der Waals surface area (Å²) in [5, 5.41) is 2.81. The highest BCUT2D eigenvalue weighted by Gasteiger charge is 2.21. The zero-order chi connectivity index (χ0) is 19.3. The number of anilines is 1. The Morgan fingerprint density at radius 1 is 1.11 bits per heavy atom. The first-order valence-electron chi connectivity index (χ1n) is 9.16. The lowest BCUT2D eigenvalue weighted by molar-refractivity contribution is -0.120. The van der Waals surface area contributed by atoms with Crippen LogP contribution in [0.15, 0.2) is 64.6 Å². The second-order valence-corrected chi connectivity index (χ2v) is 8.45. The Morgan fingerprint density at radius 2 is 2.00 bits per heavy atom. The van der Waals surface area contributed by atoms with Gasteiger partial charge in [-0.05, 0) is 42.6 Å². The standard InChI is InChI=1S/C21H21N3O2S2/c1-2-24(21-22-18-9-3-4-10-19(18)28-21)20(25)15-23(13-16-7-5-11-26-16)14-17-8-6-12-27-17/h3-12H,2,13-15H2,1H3. The highest BCUT2D eigenvalue weighted by molar-refractivity contribution is 7.22. The van der Waals surface area contributed by atoms with Crippen molar-refractivity contribution in [1.29, 1.82) is 0 Å². The van der Waals surface area contributed by atoms with E-state index in [-0.39, 0.29) is 5.91 Å². The third-order valence-electron chi connectivity index (χ3n) is 4.41. The Hall–Kier alpha value is -2.48. The normalized spacial score (nSPS) is 11.4. The zero-order valence-corrected chi connectivity index (χ0v) is 17.2. The molecule has 0 aliphatic heterocycles. The molecule has 4 aromatic rings. The number of aromatic nitrogens is 1. The molecule has 0 unspecified atom stereocenters. The summed E-state index contributed by atoms with van der Waals surface area (Å²) in [6.45, 7) is 4.18. The third-order valence-corrected chi connectivity index (χ3v) is 6.33. The first kappa shape index (κ1) is 18.9. The lowest BCUT2D eigenvalue weighted by Gasteiger charge is -2.24. The molecule has 4 rings (SSSR count). The SMILES string of the molecule is CCN(C(=O)CN(Cc1ccco1)Cc1cccs1)c1nc2ccccc2s1. The Bertz CT molecular complexity index is 956. The summed E-state index contributed by atoms with van der Waals surface area (Å²) >= 11 is 3.25.